The van der Waals surface area contributed by atoms with Crippen molar-refractivity contribution in [2.75, 3.05) is 21.3 Å². The Balaban J connectivity index is 0. The van der Waals surface area contributed by atoms with Crippen LogP contribution in [0, 0.1) is 0 Å². The second kappa shape index (κ2) is 26.3. The van der Waals surface area contributed by atoms with Gasteiger partial charge in [0.15, 0.2) is 0 Å². The Kier molecular flexibility index (Phi) is 28.8. The van der Waals surface area contributed by atoms with Crippen molar-refractivity contribution in [3.8, 4) is 0 Å². The molecule has 0 radical (unpaired) electrons. The van der Waals surface area contributed by atoms with Gasteiger partial charge in [0.1, 0.15) is 0 Å². The number of unbranched alkanes of at least 4 members (excludes halogenated alkanes) is 15. The molecule has 0 spiro atoms. The first kappa shape index (κ1) is 27.3. The Labute approximate surface area is 161 Å². The predicted octanol–water partition coefficient (Wildman–Crippen LogP) is 6.91. The van der Waals surface area contributed by atoms with Crippen LogP contribution in [-0.2, 0) is 13.3 Å². The lowest BCUT2D eigenvalue weighted by atomic mass is 10.0. The van der Waals surface area contributed by atoms with Crippen LogP contribution < -0.4 is 0 Å². The molecule has 0 heterocycles. The van der Waals surface area contributed by atoms with E-state index in [4.69, 9.17) is 13.3 Å². The summed E-state index contributed by atoms with van der Waals surface area (Å²) in [6, 6.07) is 0. The molecule has 0 fully saturated rings. The normalized spacial score (nSPS) is 10.8. The third-order valence-corrected chi connectivity index (χ3v) is 5.69. The quantitative estimate of drug-likeness (QED) is 0.192. The van der Waals surface area contributed by atoms with Gasteiger partial charge in [-0.2, -0.15) is 0 Å². The van der Waals surface area contributed by atoms with E-state index < -0.39 is 9.53 Å². The number of hydrogen-bond acceptors (Lipinski definition) is 3. The van der Waals surface area contributed by atoms with E-state index in [1.54, 1.807) is 21.3 Å². The summed E-state index contributed by atoms with van der Waals surface area (Å²) in [4.78, 5) is 0. The minimum atomic E-state index is -1.67. The van der Waals surface area contributed by atoms with Crippen molar-refractivity contribution in [3.05, 3.63) is 0 Å². The van der Waals surface area contributed by atoms with Gasteiger partial charge in [-0.1, -0.05) is 117 Å². The first-order valence-electron chi connectivity index (χ1n) is 10.8. The molecule has 0 aliphatic heterocycles. The van der Waals surface area contributed by atoms with Gasteiger partial charge in [-0.15, -0.1) is 0 Å². The second-order valence-corrected chi connectivity index (χ2v) is 8.94. The maximum absolute atomic E-state index is 4.74. The molecule has 0 rings (SSSR count). The summed E-state index contributed by atoms with van der Waals surface area (Å²) in [7, 11) is 3.05. The Bertz CT molecular complexity index is 190. The van der Waals surface area contributed by atoms with Crippen molar-refractivity contribution in [3.63, 3.8) is 0 Å². The standard InChI is InChI=1S/C18H38.C3H10O3Si/c1-3-5-7-9-11-13-15-17-18-16-14-12-10-8-6-4-2;1-4-7(5-2)6-3/h3-18H2,1-2H3;7H,1-3H3. The van der Waals surface area contributed by atoms with Gasteiger partial charge in [0.05, 0.1) is 0 Å². The van der Waals surface area contributed by atoms with E-state index in [1.165, 1.54) is 103 Å². The van der Waals surface area contributed by atoms with Crippen molar-refractivity contribution in [1.29, 1.82) is 0 Å². The van der Waals surface area contributed by atoms with Crippen LogP contribution in [0.3, 0.4) is 0 Å². The molecule has 0 saturated carbocycles. The van der Waals surface area contributed by atoms with E-state index in [0.29, 0.717) is 0 Å². The Hall–Kier alpha value is 0.0969. The maximum atomic E-state index is 4.74. The lowest BCUT2D eigenvalue weighted by Crippen LogP contribution is -2.21. The summed E-state index contributed by atoms with van der Waals surface area (Å²) in [5, 5.41) is 0. The van der Waals surface area contributed by atoms with Crippen molar-refractivity contribution in [2.24, 2.45) is 0 Å². The molecule has 0 aliphatic carbocycles. The largest absolute Gasteiger partial charge is 0.483 e. The fourth-order valence-electron chi connectivity index (χ4n) is 2.91. The van der Waals surface area contributed by atoms with Crippen LogP contribution >= 0.6 is 0 Å². The van der Waals surface area contributed by atoms with E-state index in [0.717, 1.165) is 0 Å². The molecule has 0 bridgehead atoms. The minimum Gasteiger partial charge on any atom is -0.379 e. The molecule has 0 aromatic carbocycles. The summed E-state index contributed by atoms with van der Waals surface area (Å²) in [5.41, 5.74) is 0. The van der Waals surface area contributed by atoms with Gasteiger partial charge in [0, 0.05) is 21.3 Å². The molecule has 0 aromatic rings. The Morgan fingerprint density at radius 3 is 0.720 bits per heavy atom. The van der Waals surface area contributed by atoms with Gasteiger partial charge in [0.2, 0.25) is 0 Å². The highest BCUT2D eigenvalue weighted by molar-refractivity contribution is 6.36. The van der Waals surface area contributed by atoms with Crippen molar-refractivity contribution >= 4 is 9.53 Å². The van der Waals surface area contributed by atoms with Crippen LogP contribution in [0.1, 0.15) is 117 Å². The van der Waals surface area contributed by atoms with Crippen molar-refractivity contribution in [2.45, 2.75) is 117 Å². The molecule has 3 nitrogen and oxygen atoms in total. The summed E-state index contributed by atoms with van der Waals surface area (Å²) in [6.45, 7) is 4.59. The first-order valence-corrected chi connectivity index (χ1v) is 12.3. The van der Waals surface area contributed by atoms with E-state index in [-0.39, 0.29) is 0 Å². The third kappa shape index (κ3) is 26.4. The topological polar surface area (TPSA) is 27.7 Å². The molecule has 0 atom stereocenters. The lowest BCUT2D eigenvalue weighted by molar-refractivity contribution is 0.163. The van der Waals surface area contributed by atoms with Gasteiger partial charge in [-0.05, 0) is 0 Å². The van der Waals surface area contributed by atoms with Crippen molar-refractivity contribution < 1.29 is 13.3 Å². The molecular weight excluding hydrogens is 328 g/mol. The molecule has 0 saturated heterocycles. The average molecular weight is 377 g/mol. The molecule has 0 aliphatic rings. The van der Waals surface area contributed by atoms with Gasteiger partial charge >= 0.3 is 9.53 Å². The summed E-state index contributed by atoms with van der Waals surface area (Å²) < 4.78 is 14.2. The number of hydrogen-bond donors (Lipinski definition) is 0. The Morgan fingerprint density at radius 1 is 0.400 bits per heavy atom. The van der Waals surface area contributed by atoms with E-state index in [2.05, 4.69) is 13.8 Å². The molecule has 25 heavy (non-hydrogen) atoms. The van der Waals surface area contributed by atoms with E-state index in [9.17, 15) is 0 Å². The molecule has 4 heteroatoms. The molecule has 0 N–H and O–H groups in total. The molecular formula is C21H48O3Si. The highest BCUT2D eigenvalue weighted by Gasteiger charge is 2.05. The monoisotopic (exact) mass is 376 g/mol. The van der Waals surface area contributed by atoms with Gasteiger partial charge < -0.3 is 13.3 Å². The zero-order chi connectivity index (χ0) is 19.0. The van der Waals surface area contributed by atoms with Crippen LogP contribution in [0.5, 0.6) is 0 Å². The SMILES string of the molecule is CCCCCCCCCCCCCCCCCC.CO[SiH](OC)OC. The smallest absolute Gasteiger partial charge is 0.379 e. The van der Waals surface area contributed by atoms with E-state index in [1.807, 2.05) is 0 Å². The third-order valence-electron chi connectivity index (χ3n) is 4.53. The molecule has 0 aromatic heterocycles. The van der Waals surface area contributed by atoms with Gasteiger partial charge in [-0.25, -0.2) is 0 Å². The maximum Gasteiger partial charge on any atom is 0.483 e. The van der Waals surface area contributed by atoms with Crippen molar-refractivity contribution in [1.82, 2.24) is 0 Å². The summed E-state index contributed by atoms with van der Waals surface area (Å²) >= 11 is 0. The fraction of sp³-hybridized carbons (Fsp3) is 1.00. The minimum absolute atomic E-state index is 1.37. The highest BCUT2D eigenvalue weighted by atomic mass is 28.3. The van der Waals surface area contributed by atoms with Crippen LogP contribution in [-0.4, -0.2) is 30.9 Å². The average Bonchev–Trinajstić information content (AvgIpc) is 2.64. The summed E-state index contributed by atoms with van der Waals surface area (Å²) in [5.74, 6) is 0. The number of rotatable bonds is 18. The first-order chi connectivity index (χ1) is 12.3. The molecule has 0 unspecified atom stereocenters. The van der Waals surface area contributed by atoms with Crippen LogP contribution in [0.25, 0.3) is 0 Å². The zero-order valence-corrected chi connectivity index (χ0v) is 19.3. The van der Waals surface area contributed by atoms with Crippen LogP contribution in [0.4, 0.5) is 0 Å². The molecule has 0 amide bonds. The Morgan fingerprint density at radius 2 is 0.600 bits per heavy atom. The summed E-state index contributed by atoms with van der Waals surface area (Å²) in [6.07, 6.45) is 23.4. The highest BCUT2D eigenvalue weighted by Crippen LogP contribution is 2.13. The second-order valence-electron chi connectivity index (χ2n) is 6.95. The van der Waals surface area contributed by atoms with E-state index >= 15 is 0 Å². The van der Waals surface area contributed by atoms with Gasteiger partial charge in [-0.3, -0.25) is 0 Å². The van der Waals surface area contributed by atoms with Crippen LogP contribution in [0.2, 0.25) is 0 Å². The zero-order valence-electron chi connectivity index (χ0n) is 18.1. The predicted molar refractivity (Wildman–Crippen MR) is 113 cm³/mol. The van der Waals surface area contributed by atoms with Crippen LogP contribution in [0.15, 0.2) is 0 Å². The van der Waals surface area contributed by atoms with Gasteiger partial charge in [0.25, 0.3) is 0 Å². The molecule has 154 valence electrons. The fourth-order valence-corrected chi connectivity index (χ4v) is 3.49. The lowest BCUT2D eigenvalue weighted by Gasteiger charge is -2.05.